The van der Waals surface area contributed by atoms with Crippen LogP contribution in [0.1, 0.15) is 12.0 Å². The summed E-state index contributed by atoms with van der Waals surface area (Å²) in [7, 11) is 0. The van der Waals surface area contributed by atoms with Gasteiger partial charge in [-0.1, -0.05) is 18.2 Å². The minimum atomic E-state index is -0.723. The highest BCUT2D eigenvalue weighted by Gasteiger charge is 2.19. The molecule has 2 nitrogen and oxygen atoms in total. The van der Waals surface area contributed by atoms with Crippen LogP contribution in [0.25, 0.3) is 0 Å². The molecule has 1 atom stereocenters. The van der Waals surface area contributed by atoms with Crippen molar-refractivity contribution >= 4 is 29.5 Å². The van der Waals surface area contributed by atoms with Crippen molar-refractivity contribution in [2.75, 3.05) is 5.75 Å². The Morgan fingerprint density at radius 3 is 3.13 bits per heavy atom. The number of hydrogen-bond acceptors (Lipinski definition) is 3. The Morgan fingerprint density at radius 1 is 1.53 bits per heavy atom. The molecule has 1 aromatic carbocycles. The molecular weight excluding hydrogens is 228 g/mol. The van der Waals surface area contributed by atoms with Crippen molar-refractivity contribution in [2.45, 2.75) is 22.3 Å². The number of rotatable bonds is 3. The molecule has 1 aliphatic rings. The summed E-state index contributed by atoms with van der Waals surface area (Å²) in [5.74, 6) is -0.515. The Morgan fingerprint density at radius 2 is 2.33 bits per heavy atom. The highest BCUT2D eigenvalue weighted by Crippen LogP contribution is 2.40. The van der Waals surface area contributed by atoms with Gasteiger partial charge in [0.2, 0.25) is 0 Å². The van der Waals surface area contributed by atoms with Crippen LogP contribution in [0.4, 0.5) is 0 Å². The topological polar surface area (TPSA) is 37.3 Å². The summed E-state index contributed by atoms with van der Waals surface area (Å²) in [5, 5.41) is 8.61. The van der Waals surface area contributed by atoms with Gasteiger partial charge in [-0.25, -0.2) is 0 Å². The molecule has 1 N–H and O–H groups in total. The summed E-state index contributed by atoms with van der Waals surface area (Å²) in [4.78, 5) is 11.8. The highest BCUT2D eigenvalue weighted by molar-refractivity contribution is 8.17. The minimum Gasteiger partial charge on any atom is -0.481 e. The quantitative estimate of drug-likeness (QED) is 0.881. The lowest BCUT2D eigenvalue weighted by Gasteiger charge is -2.22. The first-order chi connectivity index (χ1) is 7.25. The Labute approximate surface area is 97.5 Å². The van der Waals surface area contributed by atoms with Crippen molar-refractivity contribution in [1.82, 2.24) is 0 Å². The fraction of sp³-hybridized carbons (Fsp3) is 0.364. The predicted molar refractivity (Wildman–Crippen MR) is 64.5 cm³/mol. The van der Waals surface area contributed by atoms with Gasteiger partial charge in [0.05, 0.1) is 10.3 Å². The molecule has 0 aromatic heterocycles. The zero-order valence-electron chi connectivity index (χ0n) is 8.18. The summed E-state index contributed by atoms with van der Waals surface area (Å²) < 4.78 is 0.399. The summed E-state index contributed by atoms with van der Waals surface area (Å²) >= 11 is 3.33. The van der Waals surface area contributed by atoms with Crippen molar-refractivity contribution in [1.29, 1.82) is 0 Å². The van der Waals surface area contributed by atoms with Crippen LogP contribution in [0.15, 0.2) is 29.2 Å². The normalized spacial score (nSPS) is 19.6. The minimum absolute atomic E-state index is 0.208. The van der Waals surface area contributed by atoms with Crippen molar-refractivity contribution in [3.8, 4) is 0 Å². The number of thioether (sulfide) groups is 2. The van der Waals surface area contributed by atoms with Gasteiger partial charge in [0.1, 0.15) is 0 Å². The number of hydrogen-bond donors (Lipinski definition) is 1. The van der Waals surface area contributed by atoms with E-state index in [1.165, 1.54) is 22.2 Å². The van der Waals surface area contributed by atoms with Crippen LogP contribution in [-0.4, -0.2) is 21.4 Å². The van der Waals surface area contributed by atoms with E-state index in [2.05, 4.69) is 18.2 Å². The molecule has 0 saturated carbocycles. The first kappa shape index (κ1) is 10.9. The average molecular weight is 240 g/mol. The summed E-state index contributed by atoms with van der Waals surface area (Å²) in [6, 6.07) is 8.37. The van der Waals surface area contributed by atoms with Gasteiger partial charge in [0.25, 0.3) is 0 Å². The molecule has 0 aliphatic carbocycles. The zero-order chi connectivity index (χ0) is 10.7. The number of benzene rings is 1. The SMILES string of the molecule is O=C(O)CSC1CCc2ccccc2S1. The molecule has 0 bridgehead atoms. The summed E-state index contributed by atoms with van der Waals surface area (Å²) in [6.45, 7) is 0. The van der Waals surface area contributed by atoms with E-state index in [0.29, 0.717) is 4.58 Å². The molecule has 0 saturated heterocycles. The van der Waals surface area contributed by atoms with Gasteiger partial charge in [-0.3, -0.25) is 4.79 Å². The van der Waals surface area contributed by atoms with Gasteiger partial charge in [-0.2, -0.15) is 0 Å². The van der Waals surface area contributed by atoms with Crippen LogP contribution in [0.2, 0.25) is 0 Å². The van der Waals surface area contributed by atoms with Gasteiger partial charge < -0.3 is 5.11 Å². The van der Waals surface area contributed by atoms with Crippen LogP contribution in [0, 0.1) is 0 Å². The lowest BCUT2D eigenvalue weighted by Crippen LogP contribution is -2.10. The Hall–Kier alpha value is -0.610. The molecule has 0 radical (unpaired) electrons. The van der Waals surface area contributed by atoms with Crippen molar-refractivity contribution in [3.05, 3.63) is 29.8 Å². The van der Waals surface area contributed by atoms with E-state index in [-0.39, 0.29) is 5.75 Å². The van der Waals surface area contributed by atoms with E-state index in [0.717, 1.165) is 12.8 Å². The number of fused-ring (bicyclic) bond motifs is 1. The zero-order valence-corrected chi connectivity index (χ0v) is 9.81. The fourth-order valence-electron chi connectivity index (χ4n) is 1.58. The third kappa shape index (κ3) is 2.92. The average Bonchev–Trinajstić information content (AvgIpc) is 2.26. The molecule has 1 aromatic rings. The second-order valence-electron chi connectivity index (χ2n) is 3.40. The molecule has 1 aliphatic heterocycles. The van der Waals surface area contributed by atoms with Gasteiger partial charge >= 0.3 is 5.97 Å². The molecule has 80 valence electrons. The monoisotopic (exact) mass is 240 g/mol. The Bertz CT molecular complexity index is 365. The summed E-state index contributed by atoms with van der Waals surface area (Å²) in [5.41, 5.74) is 1.40. The van der Waals surface area contributed by atoms with E-state index < -0.39 is 5.97 Å². The molecular formula is C11H12O2S2. The van der Waals surface area contributed by atoms with Gasteiger partial charge in [-0.15, -0.1) is 23.5 Å². The molecule has 15 heavy (non-hydrogen) atoms. The largest absolute Gasteiger partial charge is 0.481 e. The molecule has 0 spiro atoms. The first-order valence-corrected chi connectivity index (χ1v) is 6.76. The van der Waals surface area contributed by atoms with Crippen LogP contribution >= 0.6 is 23.5 Å². The molecule has 2 rings (SSSR count). The van der Waals surface area contributed by atoms with E-state index in [9.17, 15) is 4.79 Å². The second-order valence-corrected chi connectivity index (χ2v) is 6.13. The van der Waals surface area contributed by atoms with Crippen LogP contribution in [0.3, 0.4) is 0 Å². The molecule has 1 heterocycles. The standard InChI is InChI=1S/C11H12O2S2/c12-10(13)7-14-11-6-5-8-3-1-2-4-9(8)15-11/h1-4,11H,5-7H2,(H,12,13). The van der Waals surface area contributed by atoms with E-state index in [4.69, 9.17) is 5.11 Å². The van der Waals surface area contributed by atoms with Crippen LogP contribution < -0.4 is 0 Å². The Kier molecular flexibility index (Phi) is 3.59. The lowest BCUT2D eigenvalue weighted by atomic mass is 10.1. The maximum atomic E-state index is 10.5. The predicted octanol–water partition coefficient (Wildman–Crippen LogP) is 2.87. The molecule has 0 amide bonds. The maximum absolute atomic E-state index is 10.5. The Balaban J connectivity index is 1.96. The van der Waals surface area contributed by atoms with E-state index >= 15 is 0 Å². The highest BCUT2D eigenvalue weighted by atomic mass is 32.2. The maximum Gasteiger partial charge on any atom is 0.313 e. The first-order valence-electron chi connectivity index (χ1n) is 4.83. The number of carbonyl (C=O) groups is 1. The number of aryl methyl sites for hydroxylation is 1. The number of carboxylic acids is 1. The lowest BCUT2D eigenvalue weighted by molar-refractivity contribution is -0.133. The van der Waals surface area contributed by atoms with Crippen molar-refractivity contribution in [2.24, 2.45) is 0 Å². The van der Waals surface area contributed by atoms with Crippen LogP contribution in [-0.2, 0) is 11.2 Å². The van der Waals surface area contributed by atoms with Gasteiger partial charge in [0.15, 0.2) is 0 Å². The second kappa shape index (κ2) is 4.94. The number of carboxylic acid groups (broad SMARTS) is 1. The third-order valence-corrected chi connectivity index (χ3v) is 5.14. The van der Waals surface area contributed by atoms with Crippen LogP contribution in [0.5, 0.6) is 0 Å². The van der Waals surface area contributed by atoms with E-state index in [1.807, 2.05) is 6.07 Å². The van der Waals surface area contributed by atoms with Gasteiger partial charge in [-0.05, 0) is 24.5 Å². The smallest absolute Gasteiger partial charge is 0.313 e. The fourth-order valence-corrected chi connectivity index (χ4v) is 3.98. The molecule has 0 fully saturated rings. The van der Waals surface area contributed by atoms with Crippen molar-refractivity contribution < 1.29 is 9.90 Å². The molecule has 4 heteroatoms. The number of aliphatic carboxylic acids is 1. The molecule has 1 unspecified atom stereocenters. The summed E-state index contributed by atoms with van der Waals surface area (Å²) in [6.07, 6.45) is 2.14. The third-order valence-electron chi connectivity index (χ3n) is 2.27. The van der Waals surface area contributed by atoms with Crippen molar-refractivity contribution in [3.63, 3.8) is 0 Å². The van der Waals surface area contributed by atoms with Gasteiger partial charge in [0, 0.05) is 4.90 Å². The van der Waals surface area contributed by atoms with E-state index in [1.54, 1.807) is 11.8 Å².